The summed E-state index contributed by atoms with van der Waals surface area (Å²) >= 11 is 0. The fourth-order valence-electron chi connectivity index (χ4n) is 2.51. The van der Waals surface area contributed by atoms with Crippen molar-refractivity contribution in [3.63, 3.8) is 0 Å². The maximum Gasteiger partial charge on any atom is 0.163 e. The van der Waals surface area contributed by atoms with Gasteiger partial charge in [-0.1, -0.05) is 18.2 Å². The third-order valence-corrected chi connectivity index (χ3v) is 3.72. The van der Waals surface area contributed by atoms with Crippen LogP contribution >= 0.6 is 0 Å². The summed E-state index contributed by atoms with van der Waals surface area (Å²) in [6, 6.07) is 13.4. The quantitative estimate of drug-likeness (QED) is 0.627. The Bertz CT molecular complexity index is 1110. The van der Waals surface area contributed by atoms with Crippen molar-refractivity contribution in [3.8, 4) is 5.75 Å². The summed E-state index contributed by atoms with van der Waals surface area (Å²) in [6.45, 7) is 0.390. The molecular weight excluding hydrogens is 330 g/mol. The minimum absolute atomic E-state index is 0.390. The van der Waals surface area contributed by atoms with Gasteiger partial charge in [0.1, 0.15) is 43.7 Å². The number of benzene rings is 2. The lowest BCUT2D eigenvalue weighted by atomic mass is 10.2. The molecule has 6 heteroatoms. The number of nitrogens with zero attached hydrogens (tertiary/aromatic N) is 3. The molecule has 0 saturated carbocycles. The fourth-order valence-corrected chi connectivity index (χ4v) is 2.51. The molecule has 26 heavy (non-hydrogen) atoms. The maximum atomic E-state index is 5.55. The minimum Gasteiger partial charge on any atom is -0.494 e. The van der Waals surface area contributed by atoms with Crippen molar-refractivity contribution in [3.05, 3.63) is 84.4 Å². The van der Waals surface area contributed by atoms with E-state index in [1.165, 1.54) is 31.4 Å². The van der Waals surface area contributed by atoms with Crippen LogP contribution in [0.25, 0.3) is 17.0 Å². The molecule has 0 unspecified atom stereocenters. The lowest BCUT2D eigenvalue weighted by molar-refractivity contribution is 0.275. The monoisotopic (exact) mass is 345 g/mol. The first kappa shape index (κ1) is 15.8. The molecule has 6 nitrogen and oxygen atoms in total. The highest BCUT2D eigenvalue weighted by Gasteiger charge is 2.04. The first-order valence-corrected chi connectivity index (χ1v) is 8.03. The SMILES string of the molecule is C1=C\OC/C=c2/cccc/c2=N/c2ncnc3ccc(cc23)O/C=C\O/1. The second-order valence-corrected chi connectivity index (χ2v) is 5.38. The van der Waals surface area contributed by atoms with E-state index >= 15 is 0 Å². The highest BCUT2D eigenvalue weighted by atomic mass is 16.5. The number of hydrogen-bond donors (Lipinski definition) is 0. The minimum atomic E-state index is 0.390. The van der Waals surface area contributed by atoms with Gasteiger partial charge in [-0.15, -0.1) is 0 Å². The standard InChI is InChI=1S/C20H15N3O3/c1-2-4-18-15(3-1)7-8-24-9-10-25-11-12-26-16-5-6-19-17(13-16)20(23-18)22-14-21-19/h1-7,9-14H,8H2/b10-9-,12-11-,15-7-,23-18-. The van der Waals surface area contributed by atoms with Gasteiger partial charge < -0.3 is 14.2 Å². The van der Waals surface area contributed by atoms with E-state index in [1.807, 2.05) is 48.5 Å². The first-order chi connectivity index (χ1) is 12.9. The average Bonchev–Trinajstić information content (AvgIpc) is 2.67. The van der Waals surface area contributed by atoms with E-state index in [-0.39, 0.29) is 0 Å². The number of aromatic nitrogens is 2. The largest absolute Gasteiger partial charge is 0.494 e. The lowest BCUT2D eigenvalue weighted by Gasteiger charge is -2.04. The Kier molecular flexibility index (Phi) is 4.56. The van der Waals surface area contributed by atoms with Gasteiger partial charge >= 0.3 is 0 Å². The molecule has 2 heterocycles. The summed E-state index contributed by atoms with van der Waals surface area (Å²) in [5, 5.41) is 2.56. The second-order valence-electron chi connectivity index (χ2n) is 5.38. The summed E-state index contributed by atoms with van der Waals surface area (Å²) in [7, 11) is 0. The van der Waals surface area contributed by atoms with Gasteiger partial charge in [0.15, 0.2) is 5.82 Å². The molecule has 0 N–H and O–H groups in total. The van der Waals surface area contributed by atoms with Crippen molar-refractivity contribution in [2.24, 2.45) is 4.99 Å². The van der Waals surface area contributed by atoms with E-state index in [0.29, 0.717) is 18.2 Å². The Morgan fingerprint density at radius 2 is 1.81 bits per heavy atom. The van der Waals surface area contributed by atoms with Crippen molar-refractivity contribution >= 4 is 22.8 Å². The third kappa shape index (κ3) is 3.54. The molecule has 0 radical (unpaired) electrons. The van der Waals surface area contributed by atoms with E-state index in [0.717, 1.165) is 21.5 Å². The van der Waals surface area contributed by atoms with Crippen LogP contribution < -0.4 is 15.3 Å². The van der Waals surface area contributed by atoms with Crippen LogP contribution in [0, 0.1) is 0 Å². The molecule has 4 rings (SSSR count). The Morgan fingerprint density at radius 1 is 0.885 bits per heavy atom. The molecule has 2 aromatic carbocycles. The van der Waals surface area contributed by atoms with Crippen molar-refractivity contribution in [2.45, 2.75) is 0 Å². The average molecular weight is 345 g/mol. The van der Waals surface area contributed by atoms with Gasteiger partial charge in [-0.25, -0.2) is 15.0 Å². The maximum absolute atomic E-state index is 5.55. The Balaban J connectivity index is 1.93. The van der Waals surface area contributed by atoms with Crippen molar-refractivity contribution in [1.29, 1.82) is 0 Å². The highest BCUT2D eigenvalue weighted by molar-refractivity contribution is 5.88. The van der Waals surface area contributed by atoms with Crippen LogP contribution in [-0.2, 0) is 9.47 Å². The van der Waals surface area contributed by atoms with Crippen molar-refractivity contribution in [2.75, 3.05) is 6.61 Å². The van der Waals surface area contributed by atoms with Gasteiger partial charge in [-0.05, 0) is 35.6 Å². The van der Waals surface area contributed by atoms with E-state index in [4.69, 9.17) is 19.2 Å². The number of para-hydroxylation sites is 1. The highest BCUT2D eigenvalue weighted by Crippen LogP contribution is 2.25. The molecule has 1 aliphatic heterocycles. The summed E-state index contributed by atoms with van der Waals surface area (Å²) < 4.78 is 16.1. The molecule has 3 aromatic rings. The molecule has 2 bridgehead atoms. The van der Waals surface area contributed by atoms with Gasteiger partial charge in [-0.3, -0.25) is 0 Å². The molecule has 0 saturated heterocycles. The van der Waals surface area contributed by atoms with Gasteiger partial charge in [0.05, 0.1) is 10.9 Å². The van der Waals surface area contributed by atoms with E-state index < -0.39 is 0 Å². The molecule has 128 valence electrons. The lowest BCUT2D eigenvalue weighted by Crippen LogP contribution is -2.24. The molecule has 0 spiro atoms. The third-order valence-electron chi connectivity index (χ3n) is 3.72. The number of fused-ring (bicyclic) bond motifs is 2. The van der Waals surface area contributed by atoms with E-state index in [1.54, 1.807) is 0 Å². The number of rotatable bonds is 0. The van der Waals surface area contributed by atoms with Crippen LogP contribution in [0.4, 0.5) is 5.82 Å². The van der Waals surface area contributed by atoms with Crippen LogP contribution in [0.15, 0.2) is 78.8 Å². The molecule has 1 aliphatic rings. The van der Waals surface area contributed by atoms with Crippen LogP contribution in [0.2, 0.25) is 0 Å². The molecule has 0 amide bonds. The Labute approximate surface area is 149 Å². The van der Waals surface area contributed by atoms with Crippen LogP contribution in [0.1, 0.15) is 0 Å². The summed E-state index contributed by atoms with van der Waals surface area (Å²) in [4.78, 5) is 13.4. The molecule has 0 atom stereocenters. The predicted octanol–water partition coefficient (Wildman–Crippen LogP) is 2.73. The fraction of sp³-hybridized carbons (Fsp3) is 0.0500. The van der Waals surface area contributed by atoms with E-state index in [2.05, 4.69) is 9.97 Å². The summed E-state index contributed by atoms with van der Waals surface area (Å²) in [5.41, 5.74) is 0.792. The number of hydrogen-bond acceptors (Lipinski definition) is 6. The zero-order valence-electron chi connectivity index (χ0n) is 13.8. The zero-order chi connectivity index (χ0) is 17.6. The Hall–Kier alpha value is -3.67. The normalized spacial score (nSPS) is 18.8. The van der Waals surface area contributed by atoms with E-state index in [9.17, 15) is 0 Å². The summed E-state index contributed by atoms with van der Waals surface area (Å²) in [5.74, 6) is 1.21. The molecule has 0 fully saturated rings. The topological polar surface area (TPSA) is 65.8 Å². The number of ether oxygens (including phenoxy) is 3. The zero-order valence-corrected chi connectivity index (χ0v) is 13.8. The molecule has 0 aliphatic carbocycles. The first-order valence-electron chi connectivity index (χ1n) is 8.03. The van der Waals surface area contributed by atoms with Crippen LogP contribution in [0.3, 0.4) is 0 Å². The van der Waals surface area contributed by atoms with Gasteiger partial charge in [0, 0.05) is 5.39 Å². The van der Waals surface area contributed by atoms with Crippen molar-refractivity contribution < 1.29 is 14.2 Å². The van der Waals surface area contributed by atoms with Gasteiger partial charge in [-0.2, -0.15) is 0 Å². The molecular formula is C20H15N3O3. The van der Waals surface area contributed by atoms with Crippen molar-refractivity contribution in [1.82, 2.24) is 9.97 Å². The summed E-state index contributed by atoms with van der Waals surface area (Å²) in [6.07, 6.45) is 9.22. The van der Waals surface area contributed by atoms with Gasteiger partial charge in [0.25, 0.3) is 0 Å². The van der Waals surface area contributed by atoms with Crippen LogP contribution in [0.5, 0.6) is 5.75 Å². The molecule has 1 aromatic heterocycles. The van der Waals surface area contributed by atoms with Crippen LogP contribution in [-0.4, -0.2) is 16.6 Å². The second kappa shape index (κ2) is 7.48. The smallest absolute Gasteiger partial charge is 0.163 e. The predicted molar refractivity (Wildman–Crippen MR) is 96.8 cm³/mol. The Morgan fingerprint density at radius 3 is 2.81 bits per heavy atom. The van der Waals surface area contributed by atoms with Gasteiger partial charge in [0.2, 0.25) is 0 Å².